The molecule has 1 aliphatic heterocycles. The molecule has 0 bridgehead atoms. The van der Waals surface area contributed by atoms with Crippen LogP contribution in [0.1, 0.15) is 11.1 Å². The summed E-state index contributed by atoms with van der Waals surface area (Å²) < 4.78 is 32.0. The summed E-state index contributed by atoms with van der Waals surface area (Å²) in [5.74, 6) is -0.478. The van der Waals surface area contributed by atoms with Gasteiger partial charge in [0.2, 0.25) is 0 Å². The van der Waals surface area contributed by atoms with E-state index in [1.807, 2.05) is 6.92 Å². The fourth-order valence-corrected chi connectivity index (χ4v) is 4.79. The fourth-order valence-electron chi connectivity index (χ4n) is 3.03. The smallest absolute Gasteiger partial charge is 0.266 e. The molecule has 1 saturated heterocycles. The second-order valence-corrected chi connectivity index (χ2v) is 8.69. The average molecular weight is 418 g/mol. The summed E-state index contributed by atoms with van der Waals surface area (Å²) in [6, 6.07) is 13.3. The summed E-state index contributed by atoms with van der Waals surface area (Å²) in [5.41, 5.74) is 1.75. The normalized spacial score (nSPS) is 18.9. The molecule has 1 heterocycles. The van der Waals surface area contributed by atoms with Crippen LogP contribution in [0.25, 0.3) is 5.03 Å². The number of ether oxygens (including phenoxy) is 1. The van der Waals surface area contributed by atoms with E-state index in [0.717, 1.165) is 9.87 Å². The molecule has 7 heteroatoms. The van der Waals surface area contributed by atoms with Crippen LogP contribution in [-0.2, 0) is 14.8 Å². The largest absolute Gasteiger partial charge is 0.497 e. The highest BCUT2D eigenvalue weighted by atomic mass is 35.5. The zero-order valence-electron chi connectivity index (χ0n) is 15.6. The molecular weight excluding hydrogens is 398 g/mol. The third-order valence-electron chi connectivity index (χ3n) is 4.66. The van der Waals surface area contributed by atoms with Gasteiger partial charge in [0.1, 0.15) is 5.75 Å². The van der Waals surface area contributed by atoms with E-state index in [1.165, 1.54) is 12.1 Å². The van der Waals surface area contributed by atoms with E-state index >= 15 is 0 Å². The maximum absolute atomic E-state index is 13.0. The van der Waals surface area contributed by atoms with Gasteiger partial charge in [-0.15, -0.1) is 6.58 Å². The van der Waals surface area contributed by atoms with Crippen LogP contribution in [0, 0.1) is 12.8 Å². The lowest BCUT2D eigenvalue weighted by atomic mass is 9.99. The van der Waals surface area contributed by atoms with Crippen molar-refractivity contribution in [3.63, 3.8) is 0 Å². The van der Waals surface area contributed by atoms with Gasteiger partial charge in [-0.3, -0.25) is 4.79 Å². The van der Waals surface area contributed by atoms with E-state index in [9.17, 15) is 13.2 Å². The van der Waals surface area contributed by atoms with Gasteiger partial charge in [-0.05, 0) is 48.9 Å². The number of aryl methyl sites for hydroxylation is 1. The number of hydrogen-bond donors (Lipinski definition) is 0. The second-order valence-electron chi connectivity index (χ2n) is 6.45. The Labute approximate surface area is 169 Å². The number of rotatable bonds is 5. The minimum atomic E-state index is -3.98. The lowest BCUT2D eigenvalue weighted by molar-refractivity contribution is -0.120. The quantitative estimate of drug-likeness (QED) is 0.545. The molecule has 0 aliphatic carbocycles. The van der Waals surface area contributed by atoms with Gasteiger partial charge in [-0.2, -0.15) is 0 Å². The molecule has 0 aromatic heterocycles. The second kappa shape index (κ2) is 7.81. The zero-order chi connectivity index (χ0) is 20.5. The number of carbonyl (C=O) groups is 1. The number of halogens is 1. The number of amides is 1. The van der Waals surface area contributed by atoms with Crippen LogP contribution in [0.4, 0.5) is 0 Å². The van der Waals surface area contributed by atoms with Crippen molar-refractivity contribution in [2.45, 2.75) is 11.8 Å². The molecule has 0 saturated carbocycles. The van der Waals surface area contributed by atoms with E-state index in [0.29, 0.717) is 11.3 Å². The van der Waals surface area contributed by atoms with Gasteiger partial charge >= 0.3 is 0 Å². The highest BCUT2D eigenvalue weighted by molar-refractivity contribution is 7.89. The first-order chi connectivity index (χ1) is 13.3. The number of methoxy groups -OCH3 is 1. The Bertz CT molecular complexity index is 1040. The summed E-state index contributed by atoms with van der Waals surface area (Å²) in [6.45, 7) is 5.58. The molecule has 2 aromatic carbocycles. The predicted molar refractivity (Wildman–Crippen MR) is 110 cm³/mol. The van der Waals surface area contributed by atoms with Crippen molar-refractivity contribution in [2.24, 2.45) is 5.92 Å². The molecular formula is C21H20ClNO4S. The Morgan fingerprint density at radius 1 is 1.18 bits per heavy atom. The van der Waals surface area contributed by atoms with Crippen molar-refractivity contribution < 1.29 is 17.9 Å². The van der Waals surface area contributed by atoms with E-state index in [1.54, 1.807) is 49.6 Å². The maximum Gasteiger partial charge on any atom is 0.266 e. The zero-order valence-corrected chi connectivity index (χ0v) is 17.1. The molecule has 5 nitrogen and oxygen atoms in total. The highest BCUT2D eigenvalue weighted by Gasteiger charge is 2.42. The minimum absolute atomic E-state index is 0.0275. The monoisotopic (exact) mass is 417 g/mol. The highest BCUT2D eigenvalue weighted by Crippen LogP contribution is 2.37. The van der Waals surface area contributed by atoms with Gasteiger partial charge < -0.3 is 4.74 Å². The molecule has 0 N–H and O–H groups in total. The fraction of sp³-hybridized carbons (Fsp3) is 0.190. The Morgan fingerprint density at radius 2 is 1.79 bits per heavy atom. The topological polar surface area (TPSA) is 63.7 Å². The summed E-state index contributed by atoms with van der Waals surface area (Å²) in [6.07, 6.45) is 1.55. The van der Waals surface area contributed by atoms with Gasteiger partial charge in [-0.1, -0.05) is 35.4 Å². The van der Waals surface area contributed by atoms with Gasteiger partial charge in [0.05, 0.1) is 17.0 Å². The molecule has 2 aromatic rings. The van der Waals surface area contributed by atoms with Crippen molar-refractivity contribution in [3.8, 4) is 5.75 Å². The molecule has 146 valence electrons. The molecule has 3 rings (SSSR count). The third kappa shape index (κ3) is 3.57. The first-order valence-electron chi connectivity index (χ1n) is 8.60. The van der Waals surface area contributed by atoms with Crippen LogP contribution in [0.3, 0.4) is 0 Å². The Balaban J connectivity index is 2.03. The van der Waals surface area contributed by atoms with Crippen molar-refractivity contribution in [3.05, 3.63) is 77.9 Å². The number of carbonyl (C=O) groups excluding carboxylic acids is 1. The molecule has 1 atom stereocenters. The van der Waals surface area contributed by atoms with Crippen molar-refractivity contribution in [1.29, 1.82) is 0 Å². The molecule has 0 radical (unpaired) electrons. The molecule has 1 aliphatic rings. The average Bonchev–Trinajstić information content (AvgIpc) is 3.05. The van der Waals surface area contributed by atoms with E-state index in [4.69, 9.17) is 16.3 Å². The molecule has 0 unspecified atom stereocenters. The Kier molecular flexibility index (Phi) is 5.63. The van der Waals surface area contributed by atoms with E-state index in [2.05, 4.69) is 6.58 Å². The van der Waals surface area contributed by atoms with Crippen LogP contribution in [0.2, 0.25) is 0 Å². The standard InChI is InChI=1S/C21H20ClNO4S/c1-4-15-13-23(28(25,26)18-11-5-14(2)6-12-18)21(24)19(15)20(22)16-7-9-17(27-3)10-8-16/h4-12,15H,1,13H2,2-3H3/b20-19+/t15-/m0/s1. The lowest BCUT2D eigenvalue weighted by Gasteiger charge is -2.16. The van der Waals surface area contributed by atoms with E-state index < -0.39 is 21.8 Å². The summed E-state index contributed by atoms with van der Waals surface area (Å²) in [7, 11) is -2.43. The first-order valence-corrected chi connectivity index (χ1v) is 10.4. The van der Waals surface area contributed by atoms with Gasteiger partial charge in [-0.25, -0.2) is 12.7 Å². The molecule has 1 fully saturated rings. The van der Waals surface area contributed by atoms with Crippen molar-refractivity contribution >= 4 is 32.6 Å². The lowest BCUT2D eigenvalue weighted by Crippen LogP contribution is -2.32. The van der Waals surface area contributed by atoms with Gasteiger partial charge in [0.15, 0.2) is 0 Å². The molecule has 1 amide bonds. The van der Waals surface area contributed by atoms with Gasteiger partial charge in [0.25, 0.3) is 15.9 Å². The third-order valence-corrected chi connectivity index (χ3v) is 6.85. The van der Waals surface area contributed by atoms with Crippen molar-refractivity contribution in [2.75, 3.05) is 13.7 Å². The number of sulfonamides is 1. The summed E-state index contributed by atoms with van der Waals surface area (Å²) in [4.78, 5) is 13.1. The SMILES string of the molecule is C=C[C@H]1CN(S(=O)(=O)c2ccc(C)cc2)C(=O)/C1=C(/Cl)c1ccc(OC)cc1. The molecule has 28 heavy (non-hydrogen) atoms. The number of benzene rings is 2. The number of nitrogens with zero attached hydrogens (tertiary/aromatic N) is 1. The summed E-state index contributed by atoms with van der Waals surface area (Å²) in [5, 5.41) is 0.208. The van der Waals surface area contributed by atoms with Crippen LogP contribution >= 0.6 is 11.6 Å². The predicted octanol–water partition coefficient (Wildman–Crippen LogP) is 3.99. The van der Waals surface area contributed by atoms with Crippen LogP contribution in [-0.4, -0.2) is 32.3 Å². The van der Waals surface area contributed by atoms with Crippen LogP contribution < -0.4 is 4.74 Å². The Morgan fingerprint density at radius 3 is 2.32 bits per heavy atom. The van der Waals surface area contributed by atoms with Crippen LogP contribution in [0.15, 0.2) is 71.7 Å². The Hall–Kier alpha value is -2.57. The van der Waals surface area contributed by atoms with Crippen LogP contribution in [0.5, 0.6) is 5.75 Å². The van der Waals surface area contributed by atoms with E-state index in [-0.39, 0.29) is 22.0 Å². The maximum atomic E-state index is 13.0. The van der Waals surface area contributed by atoms with Crippen molar-refractivity contribution in [1.82, 2.24) is 4.31 Å². The van der Waals surface area contributed by atoms with Gasteiger partial charge in [0, 0.05) is 18.0 Å². The number of hydrogen-bond acceptors (Lipinski definition) is 4. The minimum Gasteiger partial charge on any atom is -0.497 e. The first kappa shape index (κ1) is 20.2. The summed E-state index contributed by atoms with van der Waals surface area (Å²) >= 11 is 6.51. The molecule has 0 spiro atoms.